The maximum absolute atomic E-state index is 12.8. The molecular formula is C71H122O6. The number of carbonyl (C=O) groups excluding carboxylic acids is 3. The summed E-state index contributed by atoms with van der Waals surface area (Å²) < 4.78 is 16.8. The Morgan fingerprint density at radius 1 is 0.273 bits per heavy atom. The molecule has 1 unspecified atom stereocenters. The number of ether oxygens (including phenoxy) is 3. The van der Waals surface area contributed by atoms with Crippen molar-refractivity contribution in [1.29, 1.82) is 0 Å². The summed E-state index contributed by atoms with van der Waals surface area (Å²) in [4.78, 5) is 37.9. The van der Waals surface area contributed by atoms with Crippen LogP contribution in [0.25, 0.3) is 0 Å². The van der Waals surface area contributed by atoms with E-state index >= 15 is 0 Å². The van der Waals surface area contributed by atoms with Gasteiger partial charge < -0.3 is 14.2 Å². The molecule has 0 aromatic carbocycles. The minimum atomic E-state index is -0.780. The van der Waals surface area contributed by atoms with Gasteiger partial charge >= 0.3 is 17.9 Å². The maximum atomic E-state index is 12.8. The Balaban J connectivity index is 3.99. The molecule has 442 valence electrons. The smallest absolute Gasteiger partial charge is 0.306 e. The van der Waals surface area contributed by atoms with E-state index in [0.717, 1.165) is 122 Å². The Hall–Kier alpha value is -3.67. The zero-order valence-electron chi connectivity index (χ0n) is 50.7. The molecule has 0 radical (unpaired) electrons. The summed E-state index contributed by atoms with van der Waals surface area (Å²) in [6.45, 7) is 6.44. The third-order valence-electron chi connectivity index (χ3n) is 14.1. The molecule has 0 saturated carbocycles. The molecule has 0 amide bonds. The first-order chi connectivity index (χ1) is 38.0. The predicted molar refractivity (Wildman–Crippen MR) is 334 cm³/mol. The van der Waals surface area contributed by atoms with Crippen LogP contribution in [0, 0.1) is 0 Å². The second-order valence-electron chi connectivity index (χ2n) is 21.6. The molecule has 1 atom stereocenters. The summed E-state index contributed by atoms with van der Waals surface area (Å²) in [6.07, 6.45) is 87.6. The SMILES string of the molecule is CC/C=C\C/C=C\C/C=C\C/C=C\C/C=C\CCCCCCCCCCCCCCCCCCCC(=O)OCC(COC(=O)CCCCCCC)OC(=O)CCCCCCCC/C=C\C/C=C\C/C=C\CCCCCCC. The molecule has 0 aromatic heterocycles. The fraction of sp³-hybridized carbons (Fsp3) is 0.732. The van der Waals surface area contributed by atoms with Gasteiger partial charge in [0, 0.05) is 19.3 Å². The molecule has 0 rings (SSSR count). The lowest BCUT2D eigenvalue weighted by Gasteiger charge is -2.18. The van der Waals surface area contributed by atoms with E-state index in [4.69, 9.17) is 14.2 Å². The molecule has 0 N–H and O–H groups in total. The van der Waals surface area contributed by atoms with E-state index < -0.39 is 6.10 Å². The van der Waals surface area contributed by atoms with E-state index in [1.807, 2.05) is 0 Å². The van der Waals surface area contributed by atoms with Crippen LogP contribution in [0.3, 0.4) is 0 Å². The Bertz CT molecular complexity index is 1510. The molecule has 77 heavy (non-hydrogen) atoms. The Labute approximate surface area is 477 Å². The topological polar surface area (TPSA) is 78.9 Å². The van der Waals surface area contributed by atoms with Gasteiger partial charge in [-0.25, -0.2) is 0 Å². The maximum Gasteiger partial charge on any atom is 0.306 e. The lowest BCUT2D eigenvalue weighted by atomic mass is 10.0. The Morgan fingerprint density at radius 3 is 0.792 bits per heavy atom. The van der Waals surface area contributed by atoms with E-state index in [1.165, 1.54) is 154 Å². The average Bonchev–Trinajstić information content (AvgIpc) is 3.43. The highest BCUT2D eigenvalue weighted by molar-refractivity contribution is 5.71. The second-order valence-corrected chi connectivity index (χ2v) is 21.6. The van der Waals surface area contributed by atoms with Gasteiger partial charge in [0.05, 0.1) is 0 Å². The van der Waals surface area contributed by atoms with Crippen LogP contribution in [0.5, 0.6) is 0 Å². The van der Waals surface area contributed by atoms with E-state index in [1.54, 1.807) is 0 Å². The van der Waals surface area contributed by atoms with Gasteiger partial charge in [0.1, 0.15) is 13.2 Å². The number of unbranched alkanes of at least 4 members (excludes halogenated alkanes) is 32. The van der Waals surface area contributed by atoms with Gasteiger partial charge in [-0.1, -0.05) is 291 Å². The zero-order valence-corrected chi connectivity index (χ0v) is 50.7. The van der Waals surface area contributed by atoms with Gasteiger partial charge in [0.15, 0.2) is 6.10 Å². The zero-order chi connectivity index (χ0) is 55.7. The quantitative estimate of drug-likeness (QED) is 0.0261. The van der Waals surface area contributed by atoms with Crippen LogP contribution < -0.4 is 0 Å². The highest BCUT2D eigenvalue weighted by Crippen LogP contribution is 2.17. The standard InChI is InChI=1S/C71H122O6/c1-4-7-10-13-15-17-19-21-23-25-27-29-30-31-32-33-34-35-36-37-38-39-40-42-43-45-47-49-51-53-55-58-61-64-70(73)76-67-68(66-75-69(72)63-60-57-12-9-6-3)77-71(74)65-62-59-56-54-52-50-48-46-44-41-28-26-24-22-20-18-16-14-11-8-5-2/h7,10,15,17,20-23,26-29,31-32,44,46,68H,4-6,8-9,11-14,16,18-19,24-25,30,33-43,45,47-67H2,1-3H3/b10-7-,17-15-,22-20-,23-21-,28-26-,29-27-,32-31-,46-44-. The van der Waals surface area contributed by atoms with Crippen molar-refractivity contribution in [1.82, 2.24) is 0 Å². The van der Waals surface area contributed by atoms with Crippen molar-refractivity contribution in [2.45, 2.75) is 322 Å². The molecule has 0 aliphatic rings. The predicted octanol–water partition coefficient (Wildman–Crippen LogP) is 22.4. The molecule has 6 nitrogen and oxygen atoms in total. The largest absolute Gasteiger partial charge is 0.462 e. The lowest BCUT2D eigenvalue weighted by molar-refractivity contribution is -0.167. The molecule has 0 aliphatic carbocycles. The van der Waals surface area contributed by atoms with E-state index in [9.17, 15) is 14.4 Å². The van der Waals surface area contributed by atoms with Gasteiger partial charge in [-0.15, -0.1) is 0 Å². The first-order valence-corrected chi connectivity index (χ1v) is 32.7. The first kappa shape index (κ1) is 73.3. The second kappa shape index (κ2) is 64.9. The van der Waals surface area contributed by atoms with Gasteiger partial charge in [-0.3, -0.25) is 14.4 Å². The average molecular weight is 1070 g/mol. The van der Waals surface area contributed by atoms with Crippen molar-refractivity contribution in [3.63, 3.8) is 0 Å². The van der Waals surface area contributed by atoms with Crippen molar-refractivity contribution in [2.75, 3.05) is 13.2 Å². The molecule has 0 saturated heterocycles. The summed E-state index contributed by atoms with van der Waals surface area (Å²) >= 11 is 0. The Kier molecular flexibility index (Phi) is 61.8. The highest BCUT2D eigenvalue weighted by atomic mass is 16.6. The van der Waals surface area contributed by atoms with Gasteiger partial charge in [0.2, 0.25) is 0 Å². The molecule has 0 heterocycles. The van der Waals surface area contributed by atoms with E-state index in [0.29, 0.717) is 19.3 Å². The molecule has 0 spiro atoms. The third kappa shape index (κ3) is 63.0. The van der Waals surface area contributed by atoms with Crippen LogP contribution in [0.2, 0.25) is 0 Å². The summed E-state index contributed by atoms with van der Waals surface area (Å²) in [5.74, 6) is -0.897. The van der Waals surface area contributed by atoms with Crippen LogP contribution in [-0.2, 0) is 28.6 Å². The van der Waals surface area contributed by atoms with Crippen molar-refractivity contribution in [2.24, 2.45) is 0 Å². The molecular weight excluding hydrogens is 949 g/mol. The minimum Gasteiger partial charge on any atom is -0.462 e. The van der Waals surface area contributed by atoms with Crippen LogP contribution in [0.15, 0.2) is 97.2 Å². The number of allylic oxidation sites excluding steroid dienone is 16. The number of carbonyl (C=O) groups is 3. The summed E-state index contributed by atoms with van der Waals surface area (Å²) in [5.41, 5.74) is 0. The first-order valence-electron chi connectivity index (χ1n) is 32.7. The number of hydrogen-bond acceptors (Lipinski definition) is 6. The van der Waals surface area contributed by atoms with Crippen LogP contribution in [-0.4, -0.2) is 37.2 Å². The van der Waals surface area contributed by atoms with Crippen LogP contribution >= 0.6 is 0 Å². The normalized spacial score (nSPS) is 12.7. The van der Waals surface area contributed by atoms with Gasteiger partial charge in [-0.2, -0.15) is 0 Å². The van der Waals surface area contributed by atoms with E-state index in [-0.39, 0.29) is 31.1 Å². The number of hydrogen-bond donors (Lipinski definition) is 0. The fourth-order valence-corrected chi connectivity index (χ4v) is 9.18. The highest BCUT2D eigenvalue weighted by Gasteiger charge is 2.19. The molecule has 6 heteroatoms. The van der Waals surface area contributed by atoms with Crippen molar-refractivity contribution in [3.05, 3.63) is 97.2 Å². The fourth-order valence-electron chi connectivity index (χ4n) is 9.18. The van der Waals surface area contributed by atoms with Gasteiger partial charge in [-0.05, 0) is 103 Å². The molecule has 0 fully saturated rings. The Morgan fingerprint density at radius 2 is 0.506 bits per heavy atom. The monoisotopic (exact) mass is 1070 g/mol. The minimum absolute atomic E-state index is 0.0801. The van der Waals surface area contributed by atoms with Gasteiger partial charge in [0.25, 0.3) is 0 Å². The van der Waals surface area contributed by atoms with Crippen molar-refractivity contribution in [3.8, 4) is 0 Å². The third-order valence-corrected chi connectivity index (χ3v) is 14.1. The van der Waals surface area contributed by atoms with E-state index in [2.05, 4.69) is 118 Å². The lowest BCUT2D eigenvalue weighted by Crippen LogP contribution is -2.30. The number of esters is 3. The van der Waals surface area contributed by atoms with Crippen LogP contribution in [0.4, 0.5) is 0 Å². The molecule has 0 aliphatic heterocycles. The number of rotatable bonds is 59. The molecule has 0 bridgehead atoms. The van der Waals surface area contributed by atoms with Crippen molar-refractivity contribution >= 4 is 17.9 Å². The molecule has 0 aromatic rings. The summed E-state index contributed by atoms with van der Waals surface area (Å²) in [6, 6.07) is 0. The summed E-state index contributed by atoms with van der Waals surface area (Å²) in [7, 11) is 0. The van der Waals surface area contributed by atoms with Crippen molar-refractivity contribution < 1.29 is 28.6 Å². The van der Waals surface area contributed by atoms with Crippen LogP contribution in [0.1, 0.15) is 316 Å². The summed E-state index contributed by atoms with van der Waals surface area (Å²) in [5, 5.41) is 0.